The van der Waals surface area contributed by atoms with E-state index < -0.39 is 5.60 Å². The number of likely N-dealkylation sites (tertiary alicyclic amines) is 1. The number of imidazole rings is 1. The first-order valence-corrected chi connectivity index (χ1v) is 6.31. The molecule has 1 fully saturated rings. The van der Waals surface area contributed by atoms with E-state index in [0.29, 0.717) is 0 Å². The summed E-state index contributed by atoms with van der Waals surface area (Å²) in [4.78, 5) is 6.39. The van der Waals surface area contributed by atoms with E-state index in [9.17, 15) is 5.11 Å². The van der Waals surface area contributed by atoms with Crippen molar-refractivity contribution in [2.24, 2.45) is 5.41 Å². The van der Waals surface area contributed by atoms with E-state index in [1.807, 2.05) is 25.6 Å². The minimum atomic E-state index is -0.567. The van der Waals surface area contributed by atoms with Crippen LogP contribution < -0.4 is 0 Å². The molecule has 4 nitrogen and oxygen atoms in total. The molecule has 1 N–H and O–H groups in total. The number of rotatable bonds is 4. The van der Waals surface area contributed by atoms with E-state index in [2.05, 4.69) is 28.3 Å². The van der Waals surface area contributed by atoms with E-state index in [0.717, 1.165) is 32.6 Å². The smallest absolute Gasteiger partial charge is 0.0945 e. The zero-order valence-corrected chi connectivity index (χ0v) is 11.1. The van der Waals surface area contributed by atoms with Crippen LogP contribution in [0.15, 0.2) is 18.7 Å². The number of β-amino-alcohol motifs (C(OH)–C–C–N with tert-alkyl or cyclic N) is 1. The van der Waals surface area contributed by atoms with Gasteiger partial charge in [-0.25, -0.2) is 4.98 Å². The lowest BCUT2D eigenvalue weighted by atomic mass is 9.79. The Morgan fingerprint density at radius 3 is 2.53 bits per heavy atom. The van der Waals surface area contributed by atoms with Crippen molar-refractivity contribution in [1.29, 1.82) is 0 Å². The highest BCUT2D eigenvalue weighted by Crippen LogP contribution is 2.38. The largest absolute Gasteiger partial charge is 0.388 e. The highest BCUT2D eigenvalue weighted by molar-refractivity contribution is 5.00. The van der Waals surface area contributed by atoms with Gasteiger partial charge in [-0.15, -0.1) is 0 Å². The maximum Gasteiger partial charge on any atom is 0.0945 e. The molecule has 0 radical (unpaired) electrons. The van der Waals surface area contributed by atoms with Crippen molar-refractivity contribution in [3.63, 3.8) is 0 Å². The third-order valence-corrected chi connectivity index (χ3v) is 4.06. The van der Waals surface area contributed by atoms with Crippen LogP contribution in [0.5, 0.6) is 0 Å². The monoisotopic (exact) mass is 237 g/mol. The van der Waals surface area contributed by atoms with E-state index in [4.69, 9.17) is 0 Å². The maximum atomic E-state index is 10.3. The Labute approximate surface area is 103 Å². The number of nitrogens with zero attached hydrogens (tertiary/aromatic N) is 3. The molecule has 0 aromatic carbocycles. The molecule has 1 aliphatic rings. The number of hydrogen-bond acceptors (Lipinski definition) is 3. The summed E-state index contributed by atoms with van der Waals surface area (Å²) in [6.45, 7) is 10.0. The van der Waals surface area contributed by atoms with Crippen molar-refractivity contribution in [1.82, 2.24) is 14.5 Å². The third kappa shape index (κ3) is 2.69. The second-order valence-corrected chi connectivity index (χ2v) is 6.02. The summed E-state index contributed by atoms with van der Waals surface area (Å²) in [5.41, 5.74) is -0.579. The van der Waals surface area contributed by atoms with Crippen LogP contribution in [0.25, 0.3) is 0 Å². The summed E-state index contributed by atoms with van der Waals surface area (Å²) in [7, 11) is 0. The van der Waals surface area contributed by atoms with Crippen molar-refractivity contribution in [2.45, 2.75) is 39.3 Å². The molecule has 0 bridgehead atoms. The molecule has 4 heteroatoms. The van der Waals surface area contributed by atoms with Crippen LogP contribution in [0.3, 0.4) is 0 Å². The third-order valence-electron chi connectivity index (χ3n) is 4.06. The normalized spacial score (nSPS) is 28.7. The lowest BCUT2D eigenvalue weighted by molar-refractivity contribution is -0.0110. The van der Waals surface area contributed by atoms with Crippen molar-refractivity contribution in [3.05, 3.63) is 18.7 Å². The van der Waals surface area contributed by atoms with Crippen molar-refractivity contribution in [2.75, 3.05) is 19.6 Å². The number of aromatic nitrogens is 2. The maximum absolute atomic E-state index is 10.3. The molecule has 2 rings (SSSR count). The van der Waals surface area contributed by atoms with E-state index in [1.165, 1.54) is 0 Å². The lowest BCUT2D eigenvalue weighted by Gasteiger charge is -2.31. The summed E-state index contributed by atoms with van der Waals surface area (Å²) in [5, 5.41) is 10.3. The molecule has 1 aliphatic heterocycles. The van der Waals surface area contributed by atoms with Crippen LogP contribution in [0.4, 0.5) is 0 Å². The SMILES string of the molecule is CC1(C)CN(CCCn2ccnc2)C[C@]1(C)O. The van der Waals surface area contributed by atoms with Crippen molar-refractivity contribution >= 4 is 0 Å². The average molecular weight is 237 g/mol. The zero-order valence-electron chi connectivity index (χ0n) is 11.1. The van der Waals surface area contributed by atoms with E-state index in [1.54, 1.807) is 0 Å². The van der Waals surface area contributed by atoms with Crippen LogP contribution >= 0.6 is 0 Å². The Kier molecular flexibility index (Phi) is 3.27. The van der Waals surface area contributed by atoms with Gasteiger partial charge in [0.25, 0.3) is 0 Å². The van der Waals surface area contributed by atoms with Crippen LogP contribution in [-0.4, -0.2) is 44.8 Å². The second-order valence-electron chi connectivity index (χ2n) is 6.02. The quantitative estimate of drug-likeness (QED) is 0.860. The highest BCUT2D eigenvalue weighted by Gasteiger charge is 2.47. The predicted molar refractivity (Wildman–Crippen MR) is 67.7 cm³/mol. The lowest BCUT2D eigenvalue weighted by Crippen LogP contribution is -2.40. The fourth-order valence-corrected chi connectivity index (χ4v) is 2.49. The Bertz CT molecular complexity index is 341. The van der Waals surface area contributed by atoms with Gasteiger partial charge in [-0.3, -0.25) is 4.90 Å². The van der Waals surface area contributed by atoms with Gasteiger partial charge in [0.2, 0.25) is 0 Å². The fourth-order valence-electron chi connectivity index (χ4n) is 2.49. The Balaban J connectivity index is 1.78. The van der Waals surface area contributed by atoms with Crippen molar-refractivity contribution in [3.8, 4) is 0 Å². The molecule has 0 aliphatic carbocycles. The van der Waals surface area contributed by atoms with Gasteiger partial charge in [-0.2, -0.15) is 0 Å². The van der Waals surface area contributed by atoms with Gasteiger partial charge >= 0.3 is 0 Å². The molecular weight excluding hydrogens is 214 g/mol. The topological polar surface area (TPSA) is 41.3 Å². The minimum absolute atomic E-state index is 0.0119. The summed E-state index contributed by atoms with van der Waals surface area (Å²) in [6.07, 6.45) is 6.75. The molecule has 96 valence electrons. The van der Waals surface area contributed by atoms with Gasteiger partial charge in [0.05, 0.1) is 11.9 Å². The Morgan fingerprint density at radius 1 is 1.24 bits per heavy atom. The van der Waals surface area contributed by atoms with E-state index in [-0.39, 0.29) is 5.41 Å². The highest BCUT2D eigenvalue weighted by atomic mass is 16.3. The fraction of sp³-hybridized carbons (Fsp3) is 0.769. The summed E-state index contributed by atoms with van der Waals surface area (Å²) in [5.74, 6) is 0. The van der Waals surface area contributed by atoms with Gasteiger partial charge in [0.1, 0.15) is 0 Å². The molecule has 2 heterocycles. The van der Waals surface area contributed by atoms with Gasteiger partial charge < -0.3 is 9.67 Å². The van der Waals surface area contributed by atoms with Crippen LogP contribution in [0, 0.1) is 5.41 Å². The molecule has 1 atom stereocenters. The molecule has 1 aromatic heterocycles. The first kappa shape index (κ1) is 12.6. The molecule has 0 amide bonds. The molecular formula is C13H23N3O. The summed E-state index contributed by atoms with van der Waals surface area (Å²) in [6, 6.07) is 0. The summed E-state index contributed by atoms with van der Waals surface area (Å²) >= 11 is 0. The van der Waals surface area contributed by atoms with Gasteiger partial charge in [-0.05, 0) is 19.9 Å². The predicted octanol–water partition coefficient (Wildman–Crippen LogP) is 1.37. The number of aliphatic hydroxyl groups is 1. The number of hydrogen-bond donors (Lipinski definition) is 1. The van der Waals surface area contributed by atoms with Gasteiger partial charge in [0, 0.05) is 37.4 Å². The molecule has 17 heavy (non-hydrogen) atoms. The first-order chi connectivity index (χ1) is 7.91. The molecule has 0 saturated carbocycles. The second kappa shape index (κ2) is 4.42. The van der Waals surface area contributed by atoms with E-state index >= 15 is 0 Å². The average Bonchev–Trinajstić information content (AvgIpc) is 2.74. The Morgan fingerprint density at radius 2 is 2.00 bits per heavy atom. The van der Waals surface area contributed by atoms with Gasteiger partial charge in [0.15, 0.2) is 0 Å². The van der Waals surface area contributed by atoms with Crippen LogP contribution in [0.1, 0.15) is 27.2 Å². The standard InChI is InChI=1S/C13H23N3O/c1-12(2)9-16(10-13(12,3)17)7-4-6-15-8-5-14-11-15/h5,8,11,17H,4,6-7,9-10H2,1-3H3/t13-/m0/s1. The first-order valence-electron chi connectivity index (χ1n) is 6.31. The Hall–Kier alpha value is -0.870. The zero-order chi connectivity index (χ0) is 12.5. The van der Waals surface area contributed by atoms with Gasteiger partial charge in [-0.1, -0.05) is 13.8 Å². The molecule has 1 saturated heterocycles. The summed E-state index contributed by atoms with van der Waals surface area (Å²) < 4.78 is 2.10. The minimum Gasteiger partial charge on any atom is -0.388 e. The molecule has 1 aromatic rings. The van der Waals surface area contributed by atoms with Crippen LogP contribution in [-0.2, 0) is 6.54 Å². The van der Waals surface area contributed by atoms with Crippen molar-refractivity contribution < 1.29 is 5.11 Å². The molecule has 0 spiro atoms. The number of aryl methyl sites for hydroxylation is 1. The van der Waals surface area contributed by atoms with Crippen LogP contribution in [0.2, 0.25) is 0 Å². The molecule has 0 unspecified atom stereocenters.